The maximum absolute atomic E-state index is 11.8. The van der Waals surface area contributed by atoms with E-state index in [1.807, 2.05) is 24.3 Å². The summed E-state index contributed by atoms with van der Waals surface area (Å²) in [5.74, 6) is -0.878. The largest absolute Gasteiger partial charge is 0.455 e. The number of carbonyl (C=O) groups excluding carboxylic acids is 2. The van der Waals surface area contributed by atoms with Crippen LogP contribution in [-0.4, -0.2) is 24.2 Å². The fraction of sp³-hybridized carbons (Fsp3) is 0.125. The lowest BCUT2D eigenvalue weighted by molar-refractivity contribution is -0.144. The Morgan fingerprint density at radius 1 is 1.08 bits per heavy atom. The average molecular weight is 449 g/mol. The van der Waals surface area contributed by atoms with Gasteiger partial charge in [-0.2, -0.15) is 0 Å². The van der Waals surface area contributed by atoms with Gasteiger partial charge in [-0.1, -0.05) is 45.2 Å². The van der Waals surface area contributed by atoms with Crippen LogP contribution in [0.3, 0.4) is 0 Å². The molecule has 2 aromatic rings. The molecule has 1 amide bonds. The molecule has 24 heavy (non-hydrogen) atoms. The molecule has 0 aliphatic carbocycles. The molecule has 2 aromatic carbocycles. The molecular formula is C16H12BrCl2NO3S. The molecule has 0 fully saturated rings. The number of nitrogens with one attached hydrogen (secondary N) is 1. The molecule has 0 atom stereocenters. The standard InChI is InChI=1S/C16H12BrCl2NO3S/c17-10-4-6-11(7-5-10)24-9-15(22)23-8-14(21)20-16-12(18)2-1-3-13(16)19/h1-7H,8-9H2,(H,20,21). The Kier molecular flexibility index (Phi) is 7.42. The fourth-order valence-corrected chi connectivity index (χ4v) is 3.11. The van der Waals surface area contributed by atoms with Crippen molar-refractivity contribution in [3.8, 4) is 0 Å². The molecule has 0 aliphatic heterocycles. The number of rotatable bonds is 6. The van der Waals surface area contributed by atoms with Crippen LogP contribution in [0.5, 0.6) is 0 Å². The highest BCUT2D eigenvalue weighted by atomic mass is 79.9. The zero-order valence-electron chi connectivity index (χ0n) is 12.2. The normalized spacial score (nSPS) is 10.3. The summed E-state index contributed by atoms with van der Waals surface area (Å²) in [4.78, 5) is 24.4. The van der Waals surface area contributed by atoms with Crippen molar-refractivity contribution in [1.29, 1.82) is 0 Å². The molecule has 126 valence electrons. The number of amides is 1. The zero-order valence-corrected chi connectivity index (χ0v) is 16.1. The molecule has 0 spiro atoms. The van der Waals surface area contributed by atoms with Crippen LogP contribution in [0.2, 0.25) is 10.0 Å². The summed E-state index contributed by atoms with van der Waals surface area (Å²) in [7, 11) is 0. The van der Waals surface area contributed by atoms with Crippen LogP contribution in [0.25, 0.3) is 0 Å². The molecule has 2 rings (SSSR count). The van der Waals surface area contributed by atoms with Crippen molar-refractivity contribution in [3.63, 3.8) is 0 Å². The minimum Gasteiger partial charge on any atom is -0.455 e. The number of para-hydroxylation sites is 1. The first kappa shape index (κ1) is 19.1. The van der Waals surface area contributed by atoms with Crippen molar-refractivity contribution < 1.29 is 14.3 Å². The molecule has 8 heteroatoms. The predicted octanol–water partition coefficient (Wildman–Crippen LogP) is 5.03. The number of hydrogen-bond acceptors (Lipinski definition) is 4. The summed E-state index contributed by atoms with van der Waals surface area (Å²) in [5, 5.41) is 3.15. The highest BCUT2D eigenvalue weighted by Crippen LogP contribution is 2.29. The summed E-state index contributed by atoms with van der Waals surface area (Å²) in [6, 6.07) is 12.4. The Bertz CT molecular complexity index is 720. The topological polar surface area (TPSA) is 55.4 Å². The van der Waals surface area contributed by atoms with Crippen LogP contribution < -0.4 is 5.32 Å². The van der Waals surface area contributed by atoms with Gasteiger partial charge in [0.05, 0.1) is 21.5 Å². The van der Waals surface area contributed by atoms with Gasteiger partial charge in [-0.15, -0.1) is 11.8 Å². The first-order valence-corrected chi connectivity index (χ1v) is 9.27. The molecule has 0 heterocycles. The summed E-state index contributed by atoms with van der Waals surface area (Å²) in [6.07, 6.45) is 0. The number of thioether (sulfide) groups is 1. The Balaban J connectivity index is 1.77. The SMILES string of the molecule is O=C(COC(=O)CSc1ccc(Br)cc1)Nc1c(Cl)cccc1Cl. The third-order valence-electron chi connectivity index (χ3n) is 2.76. The molecule has 0 bridgehead atoms. The molecule has 0 aromatic heterocycles. The highest BCUT2D eigenvalue weighted by molar-refractivity contribution is 9.10. The summed E-state index contributed by atoms with van der Waals surface area (Å²) in [6.45, 7) is -0.402. The lowest BCUT2D eigenvalue weighted by atomic mass is 10.3. The van der Waals surface area contributed by atoms with E-state index in [9.17, 15) is 9.59 Å². The minimum absolute atomic E-state index is 0.113. The maximum Gasteiger partial charge on any atom is 0.316 e. The average Bonchev–Trinajstić information content (AvgIpc) is 2.56. The molecular weight excluding hydrogens is 437 g/mol. The number of benzene rings is 2. The lowest BCUT2D eigenvalue weighted by Gasteiger charge is -2.09. The van der Waals surface area contributed by atoms with Gasteiger partial charge in [0, 0.05) is 9.37 Å². The zero-order chi connectivity index (χ0) is 17.5. The van der Waals surface area contributed by atoms with Gasteiger partial charge in [-0.05, 0) is 36.4 Å². The van der Waals surface area contributed by atoms with E-state index in [0.29, 0.717) is 15.7 Å². The second-order valence-electron chi connectivity index (χ2n) is 4.55. The Hall–Kier alpha value is -1.21. The van der Waals surface area contributed by atoms with Crippen LogP contribution in [0.15, 0.2) is 51.8 Å². The van der Waals surface area contributed by atoms with Gasteiger partial charge in [-0.25, -0.2) is 0 Å². The van der Waals surface area contributed by atoms with Crippen molar-refractivity contribution in [2.24, 2.45) is 0 Å². The Morgan fingerprint density at radius 3 is 2.33 bits per heavy atom. The third kappa shape index (κ3) is 6.02. The van der Waals surface area contributed by atoms with Gasteiger partial charge in [0.2, 0.25) is 0 Å². The van der Waals surface area contributed by atoms with E-state index >= 15 is 0 Å². The molecule has 0 aliphatic rings. The van der Waals surface area contributed by atoms with Gasteiger partial charge in [0.1, 0.15) is 0 Å². The second-order valence-corrected chi connectivity index (χ2v) is 7.33. The van der Waals surface area contributed by atoms with Crippen molar-refractivity contribution >= 4 is 68.5 Å². The van der Waals surface area contributed by atoms with Gasteiger partial charge >= 0.3 is 5.97 Å². The number of esters is 1. The summed E-state index contributed by atoms with van der Waals surface area (Å²) in [5.41, 5.74) is 0.297. The van der Waals surface area contributed by atoms with Crippen LogP contribution in [0.1, 0.15) is 0 Å². The van der Waals surface area contributed by atoms with E-state index in [1.165, 1.54) is 11.8 Å². The minimum atomic E-state index is -0.507. The number of hydrogen-bond donors (Lipinski definition) is 1. The molecule has 0 radical (unpaired) electrons. The molecule has 0 saturated carbocycles. The van der Waals surface area contributed by atoms with Crippen molar-refractivity contribution in [1.82, 2.24) is 0 Å². The van der Waals surface area contributed by atoms with E-state index in [4.69, 9.17) is 27.9 Å². The molecule has 4 nitrogen and oxygen atoms in total. The third-order valence-corrected chi connectivity index (χ3v) is 4.91. The van der Waals surface area contributed by atoms with E-state index in [1.54, 1.807) is 18.2 Å². The van der Waals surface area contributed by atoms with E-state index in [2.05, 4.69) is 21.2 Å². The van der Waals surface area contributed by atoms with E-state index < -0.39 is 18.5 Å². The number of anilines is 1. The van der Waals surface area contributed by atoms with Gasteiger partial charge in [0.25, 0.3) is 5.91 Å². The number of halogens is 3. The molecule has 0 saturated heterocycles. The lowest BCUT2D eigenvalue weighted by Crippen LogP contribution is -2.22. The first-order chi connectivity index (χ1) is 11.5. The quantitative estimate of drug-likeness (QED) is 0.497. The summed E-state index contributed by atoms with van der Waals surface area (Å²) >= 11 is 16.6. The van der Waals surface area contributed by atoms with Crippen LogP contribution >= 0.6 is 50.9 Å². The van der Waals surface area contributed by atoms with Gasteiger partial charge in [-0.3, -0.25) is 9.59 Å². The van der Waals surface area contributed by atoms with E-state index in [0.717, 1.165) is 9.37 Å². The smallest absolute Gasteiger partial charge is 0.316 e. The molecule has 0 unspecified atom stereocenters. The van der Waals surface area contributed by atoms with Crippen molar-refractivity contribution in [3.05, 3.63) is 57.0 Å². The number of ether oxygens (including phenoxy) is 1. The van der Waals surface area contributed by atoms with E-state index in [-0.39, 0.29) is 5.75 Å². The Labute approximate surface area is 162 Å². The summed E-state index contributed by atoms with van der Waals surface area (Å²) < 4.78 is 5.90. The van der Waals surface area contributed by atoms with Crippen LogP contribution in [-0.2, 0) is 14.3 Å². The van der Waals surface area contributed by atoms with Crippen LogP contribution in [0, 0.1) is 0 Å². The second kappa shape index (κ2) is 9.32. The molecule has 1 N–H and O–H groups in total. The fourth-order valence-electron chi connectivity index (χ4n) is 1.65. The van der Waals surface area contributed by atoms with Crippen molar-refractivity contribution in [2.45, 2.75) is 4.90 Å². The van der Waals surface area contributed by atoms with Crippen molar-refractivity contribution in [2.75, 3.05) is 17.7 Å². The Morgan fingerprint density at radius 2 is 1.71 bits per heavy atom. The van der Waals surface area contributed by atoms with Gasteiger partial charge < -0.3 is 10.1 Å². The monoisotopic (exact) mass is 447 g/mol. The first-order valence-electron chi connectivity index (χ1n) is 6.73. The maximum atomic E-state index is 11.8. The van der Waals surface area contributed by atoms with Gasteiger partial charge in [0.15, 0.2) is 6.61 Å². The number of carbonyl (C=O) groups is 2. The predicted molar refractivity (Wildman–Crippen MR) is 101 cm³/mol. The van der Waals surface area contributed by atoms with Crippen LogP contribution in [0.4, 0.5) is 5.69 Å². The highest BCUT2D eigenvalue weighted by Gasteiger charge is 2.12.